The molecule has 10 rings (SSSR count). The van der Waals surface area contributed by atoms with E-state index in [1.807, 2.05) is 20.8 Å². The first kappa shape index (κ1) is 32.7. The fourth-order valence-electron chi connectivity index (χ4n) is 7.89. The molecule has 0 saturated heterocycles. The van der Waals surface area contributed by atoms with E-state index in [-0.39, 0.29) is 0 Å². The van der Waals surface area contributed by atoms with Crippen LogP contribution in [0.3, 0.4) is 0 Å². The summed E-state index contributed by atoms with van der Waals surface area (Å²) in [7, 11) is 0. The van der Waals surface area contributed by atoms with Crippen LogP contribution in [0.4, 0.5) is 0 Å². The quantitative estimate of drug-likeness (QED) is 0.130. The average molecular weight is 668 g/mol. The van der Waals surface area contributed by atoms with E-state index in [0.29, 0.717) is 0 Å². The van der Waals surface area contributed by atoms with Crippen molar-refractivity contribution in [2.24, 2.45) is 0 Å². The van der Waals surface area contributed by atoms with Gasteiger partial charge in [-0.2, -0.15) is 0 Å². The van der Waals surface area contributed by atoms with E-state index in [1.54, 1.807) is 6.08 Å². The minimum atomic E-state index is 1.17. The molecule has 9 aromatic carbocycles. The highest BCUT2D eigenvalue weighted by molar-refractivity contribution is 6.28. The molecule has 52 heavy (non-hydrogen) atoms. The SMILES string of the molecule is C=CC.CC.c1ccc(-c2ccccc2-c2ccc3ccc4c(-c5cccc(-n6c7ccccc7c7ccccc76)c5)ccc5ccc2c3c54)cc1. The molecule has 0 aliphatic heterocycles. The first-order valence-corrected chi connectivity index (χ1v) is 18.3. The van der Waals surface area contributed by atoms with Crippen LogP contribution in [0.25, 0.3) is 93.2 Å². The maximum Gasteiger partial charge on any atom is 0.0541 e. The summed E-state index contributed by atoms with van der Waals surface area (Å²) in [6.45, 7) is 9.25. The van der Waals surface area contributed by atoms with Gasteiger partial charge in [0.2, 0.25) is 0 Å². The van der Waals surface area contributed by atoms with Gasteiger partial charge in [-0.3, -0.25) is 0 Å². The Bertz CT molecular complexity index is 2780. The summed E-state index contributed by atoms with van der Waals surface area (Å²) in [4.78, 5) is 0. The van der Waals surface area contributed by atoms with Crippen molar-refractivity contribution >= 4 is 54.1 Å². The number of hydrogen-bond acceptors (Lipinski definition) is 0. The highest BCUT2D eigenvalue weighted by Gasteiger charge is 2.17. The van der Waals surface area contributed by atoms with E-state index in [2.05, 4.69) is 187 Å². The lowest BCUT2D eigenvalue weighted by atomic mass is 9.86. The van der Waals surface area contributed by atoms with Gasteiger partial charge < -0.3 is 4.57 Å². The molecule has 0 aliphatic rings. The predicted molar refractivity (Wildman–Crippen MR) is 228 cm³/mol. The van der Waals surface area contributed by atoms with Gasteiger partial charge in [0.05, 0.1) is 11.0 Å². The Kier molecular flexibility index (Phi) is 8.85. The smallest absolute Gasteiger partial charge is 0.0541 e. The van der Waals surface area contributed by atoms with Crippen molar-refractivity contribution in [2.75, 3.05) is 0 Å². The number of aromatic nitrogens is 1. The van der Waals surface area contributed by atoms with E-state index in [9.17, 15) is 0 Å². The minimum Gasteiger partial charge on any atom is -0.309 e. The zero-order valence-electron chi connectivity index (χ0n) is 30.0. The highest BCUT2D eigenvalue weighted by Crippen LogP contribution is 2.44. The second kappa shape index (κ2) is 14.1. The van der Waals surface area contributed by atoms with Crippen LogP contribution in [0.15, 0.2) is 189 Å². The molecule has 1 heteroatoms. The Morgan fingerprint density at radius 1 is 0.404 bits per heavy atom. The lowest BCUT2D eigenvalue weighted by molar-refractivity contribution is 1.18. The van der Waals surface area contributed by atoms with E-state index < -0.39 is 0 Å². The predicted octanol–water partition coefficient (Wildman–Crippen LogP) is 14.9. The second-order valence-electron chi connectivity index (χ2n) is 12.9. The van der Waals surface area contributed by atoms with Crippen molar-refractivity contribution in [1.82, 2.24) is 4.57 Å². The van der Waals surface area contributed by atoms with Gasteiger partial charge in [-0.05, 0) is 96.9 Å². The lowest BCUT2D eigenvalue weighted by Crippen LogP contribution is -1.94. The fraction of sp³-hybridized carbons (Fsp3) is 0.0588. The number of nitrogens with zero attached hydrogens (tertiary/aromatic N) is 1. The molecule has 1 heterocycles. The van der Waals surface area contributed by atoms with Crippen LogP contribution in [0.2, 0.25) is 0 Å². The summed E-state index contributed by atoms with van der Waals surface area (Å²) in [5, 5.41) is 10.3. The molecule has 0 amide bonds. The molecule has 10 aromatic rings. The van der Waals surface area contributed by atoms with Crippen molar-refractivity contribution in [3.8, 4) is 39.1 Å². The third kappa shape index (κ3) is 5.43. The normalized spacial score (nSPS) is 11.1. The van der Waals surface area contributed by atoms with E-state index in [4.69, 9.17) is 0 Å². The molecule has 0 atom stereocenters. The molecule has 0 N–H and O–H groups in total. The van der Waals surface area contributed by atoms with Gasteiger partial charge in [0.25, 0.3) is 0 Å². The highest BCUT2D eigenvalue weighted by atomic mass is 15.0. The zero-order valence-corrected chi connectivity index (χ0v) is 30.0. The second-order valence-corrected chi connectivity index (χ2v) is 12.9. The molecular weight excluding hydrogens is 627 g/mol. The van der Waals surface area contributed by atoms with Crippen molar-refractivity contribution < 1.29 is 0 Å². The number of fused-ring (bicyclic) bond motifs is 3. The summed E-state index contributed by atoms with van der Waals surface area (Å²) in [5.41, 5.74) is 11.1. The van der Waals surface area contributed by atoms with Crippen LogP contribution in [-0.2, 0) is 0 Å². The topological polar surface area (TPSA) is 4.93 Å². The molecule has 0 saturated carbocycles. The molecule has 0 fully saturated rings. The molecule has 1 aromatic heterocycles. The summed E-state index contributed by atoms with van der Waals surface area (Å²) in [6.07, 6.45) is 1.75. The minimum absolute atomic E-state index is 1.17. The van der Waals surface area contributed by atoms with Gasteiger partial charge in [-0.1, -0.05) is 172 Å². The van der Waals surface area contributed by atoms with Gasteiger partial charge in [0.15, 0.2) is 0 Å². The van der Waals surface area contributed by atoms with E-state index in [0.717, 1.165) is 0 Å². The Morgan fingerprint density at radius 3 is 1.52 bits per heavy atom. The summed E-state index contributed by atoms with van der Waals surface area (Å²) >= 11 is 0. The van der Waals surface area contributed by atoms with Gasteiger partial charge in [-0.15, -0.1) is 6.58 Å². The zero-order chi connectivity index (χ0) is 35.6. The molecule has 0 aliphatic carbocycles. The third-order valence-corrected chi connectivity index (χ3v) is 9.96. The maximum atomic E-state index is 3.36. The fourth-order valence-corrected chi connectivity index (χ4v) is 7.89. The number of allylic oxidation sites excluding steroid dienone is 1. The van der Waals surface area contributed by atoms with Crippen molar-refractivity contribution in [3.05, 3.63) is 189 Å². The van der Waals surface area contributed by atoms with Crippen LogP contribution in [-0.4, -0.2) is 4.57 Å². The Balaban J connectivity index is 0.000000738. The Morgan fingerprint density at radius 2 is 0.885 bits per heavy atom. The van der Waals surface area contributed by atoms with Gasteiger partial charge >= 0.3 is 0 Å². The molecule has 0 unspecified atom stereocenters. The standard InChI is InChI=1S/C46H29N.C3H6.C2H6/c1-2-11-30(12-3-1)35-15-4-5-16-37(35)38-26-22-32-23-27-41-36(25-21-31-24-28-42(38)46(32)45(31)41)33-13-10-14-34(29-33)47-43-19-8-6-17-39(43)40-18-7-9-20-44(40)47;1-3-2;1-2/h1-29H;3H,1H2,2H3;1-2H3. The van der Waals surface area contributed by atoms with Crippen LogP contribution in [0, 0.1) is 0 Å². The Hall–Kier alpha value is -6.44. The van der Waals surface area contributed by atoms with Gasteiger partial charge in [-0.25, -0.2) is 0 Å². The van der Waals surface area contributed by atoms with Crippen LogP contribution < -0.4 is 0 Å². The molecule has 0 spiro atoms. The maximum absolute atomic E-state index is 3.36. The van der Waals surface area contributed by atoms with Gasteiger partial charge in [0, 0.05) is 16.5 Å². The van der Waals surface area contributed by atoms with Crippen molar-refractivity contribution in [1.29, 1.82) is 0 Å². The summed E-state index contributed by atoms with van der Waals surface area (Å²) in [5.74, 6) is 0. The van der Waals surface area contributed by atoms with Gasteiger partial charge in [0.1, 0.15) is 0 Å². The van der Waals surface area contributed by atoms with Crippen molar-refractivity contribution in [3.63, 3.8) is 0 Å². The Labute approximate surface area is 306 Å². The molecule has 0 bridgehead atoms. The number of para-hydroxylation sites is 2. The largest absolute Gasteiger partial charge is 0.309 e. The third-order valence-electron chi connectivity index (χ3n) is 9.96. The average Bonchev–Trinajstić information content (AvgIpc) is 3.56. The van der Waals surface area contributed by atoms with E-state index >= 15 is 0 Å². The lowest BCUT2D eigenvalue weighted by Gasteiger charge is -2.18. The monoisotopic (exact) mass is 667 g/mol. The number of hydrogen-bond donors (Lipinski definition) is 0. The molecular formula is C51H41N. The summed E-state index contributed by atoms with van der Waals surface area (Å²) < 4.78 is 2.40. The number of benzene rings is 9. The first-order valence-electron chi connectivity index (χ1n) is 18.3. The van der Waals surface area contributed by atoms with Crippen LogP contribution >= 0.6 is 0 Å². The summed E-state index contributed by atoms with van der Waals surface area (Å²) in [6, 6.07) is 64.5. The first-order chi connectivity index (χ1) is 25.7. The number of rotatable bonds is 4. The van der Waals surface area contributed by atoms with Crippen molar-refractivity contribution in [2.45, 2.75) is 20.8 Å². The van der Waals surface area contributed by atoms with Crippen LogP contribution in [0.5, 0.6) is 0 Å². The van der Waals surface area contributed by atoms with E-state index in [1.165, 1.54) is 93.2 Å². The molecule has 1 nitrogen and oxygen atoms in total. The molecule has 0 radical (unpaired) electrons. The molecule has 250 valence electrons. The van der Waals surface area contributed by atoms with Crippen LogP contribution in [0.1, 0.15) is 20.8 Å².